The van der Waals surface area contributed by atoms with Crippen LogP contribution >= 0.6 is 23.2 Å². The monoisotopic (exact) mass is 473 g/mol. The molecule has 1 N–H and O–H groups in total. The largest absolute Gasteiger partial charge is 0.346 e. The van der Waals surface area contributed by atoms with Gasteiger partial charge in [-0.2, -0.15) is 4.98 Å². The fourth-order valence-electron chi connectivity index (χ4n) is 3.71. The van der Waals surface area contributed by atoms with Gasteiger partial charge in [-0.3, -0.25) is 4.90 Å². The molecule has 0 radical (unpaired) electrons. The molecular weight excluding hydrogens is 449 g/mol. The first-order chi connectivity index (χ1) is 15.2. The van der Waals surface area contributed by atoms with E-state index in [1.807, 2.05) is 30.8 Å². The summed E-state index contributed by atoms with van der Waals surface area (Å²) in [5.74, 6) is 1.33. The van der Waals surface area contributed by atoms with Crippen molar-refractivity contribution in [3.05, 3.63) is 58.7 Å². The first kappa shape index (κ1) is 22.4. The van der Waals surface area contributed by atoms with E-state index in [2.05, 4.69) is 34.1 Å². The summed E-state index contributed by atoms with van der Waals surface area (Å²) in [6, 6.07) is 7.03. The number of anilines is 2. The first-order valence-corrected chi connectivity index (χ1v) is 11.1. The van der Waals surface area contributed by atoms with Crippen molar-refractivity contribution in [3.63, 3.8) is 0 Å². The molecule has 4 rings (SSSR count). The van der Waals surface area contributed by atoms with Gasteiger partial charge in [0.2, 0.25) is 5.95 Å². The molecule has 0 saturated carbocycles. The Morgan fingerprint density at radius 1 is 1.12 bits per heavy atom. The molecule has 168 valence electrons. The van der Waals surface area contributed by atoms with Crippen LogP contribution in [0.1, 0.15) is 32.5 Å². The van der Waals surface area contributed by atoms with E-state index in [1.54, 1.807) is 40.5 Å². The summed E-state index contributed by atoms with van der Waals surface area (Å²) in [6.45, 7) is 6.86. The van der Waals surface area contributed by atoms with Gasteiger partial charge in [-0.15, -0.1) is 0 Å². The Labute approximate surface area is 197 Å². The lowest BCUT2D eigenvalue weighted by Crippen LogP contribution is -2.38. The van der Waals surface area contributed by atoms with Gasteiger partial charge in [0.25, 0.3) is 0 Å². The van der Waals surface area contributed by atoms with Gasteiger partial charge in [-0.1, -0.05) is 37.0 Å². The molecule has 3 aromatic rings. The molecule has 0 spiro atoms. The number of amides is 2. The molecule has 10 heteroatoms. The van der Waals surface area contributed by atoms with E-state index in [1.165, 1.54) is 0 Å². The predicted molar refractivity (Wildman–Crippen MR) is 127 cm³/mol. The zero-order chi connectivity index (χ0) is 23.0. The van der Waals surface area contributed by atoms with Crippen molar-refractivity contribution in [1.29, 1.82) is 0 Å². The number of benzene rings is 1. The topological polar surface area (TPSA) is 79.2 Å². The van der Waals surface area contributed by atoms with Gasteiger partial charge in [0.15, 0.2) is 0 Å². The number of nitrogens with zero attached hydrogens (tertiary/aromatic N) is 6. The van der Waals surface area contributed by atoms with Gasteiger partial charge in [-0.25, -0.2) is 14.8 Å². The Morgan fingerprint density at radius 3 is 2.62 bits per heavy atom. The van der Waals surface area contributed by atoms with E-state index in [0.717, 1.165) is 11.4 Å². The smallest absolute Gasteiger partial charge is 0.325 e. The van der Waals surface area contributed by atoms with Crippen molar-refractivity contribution >= 4 is 41.0 Å². The van der Waals surface area contributed by atoms with Gasteiger partial charge in [0.1, 0.15) is 5.82 Å². The van der Waals surface area contributed by atoms with Crippen molar-refractivity contribution in [3.8, 4) is 5.69 Å². The van der Waals surface area contributed by atoms with Crippen LogP contribution in [0.2, 0.25) is 10.0 Å². The Bertz CT molecular complexity index is 1130. The van der Waals surface area contributed by atoms with E-state index in [0.29, 0.717) is 34.3 Å². The van der Waals surface area contributed by atoms with E-state index >= 15 is 0 Å². The summed E-state index contributed by atoms with van der Waals surface area (Å²) in [5.41, 5.74) is 1.67. The average Bonchev–Trinajstić information content (AvgIpc) is 3.36. The number of aromatic nitrogens is 4. The lowest BCUT2D eigenvalue weighted by molar-refractivity contribution is 0.229. The highest BCUT2D eigenvalue weighted by atomic mass is 35.5. The Balaban J connectivity index is 1.52. The molecule has 3 heterocycles. The molecule has 8 nitrogen and oxygen atoms in total. The molecule has 1 saturated heterocycles. The zero-order valence-corrected chi connectivity index (χ0v) is 19.8. The van der Waals surface area contributed by atoms with E-state index < -0.39 is 0 Å². The molecule has 0 aliphatic carbocycles. The highest BCUT2D eigenvalue weighted by molar-refractivity contribution is 6.42. The fourth-order valence-corrected chi connectivity index (χ4v) is 4.00. The number of hydrogen-bond acceptors (Lipinski definition) is 5. The van der Waals surface area contributed by atoms with Crippen LogP contribution in [0, 0.1) is 5.92 Å². The van der Waals surface area contributed by atoms with Crippen LogP contribution < -0.4 is 10.2 Å². The Hall–Kier alpha value is -2.84. The number of imidazole rings is 1. The van der Waals surface area contributed by atoms with Crippen LogP contribution in [-0.4, -0.2) is 50.1 Å². The van der Waals surface area contributed by atoms with Crippen LogP contribution in [0.3, 0.4) is 0 Å². The maximum Gasteiger partial charge on any atom is 0.325 e. The fraction of sp³-hybridized carbons (Fsp3) is 0.364. The van der Waals surface area contributed by atoms with Crippen molar-refractivity contribution in [2.75, 3.05) is 23.8 Å². The lowest BCUT2D eigenvalue weighted by Gasteiger charge is -2.25. The van der Waals surface area contributed by atoms with Crippen molar-refractivity contribution in [1.82, 2.24) is 24.4 Å². The zero-order valence-electron chi connectivity index (χ0n) is 18.3. The van der Waals surface area contributed by atoms with Crippen molar-refractivity contribution in [2.24, 2.45) is 5.92 Å². The molecule has 1 fully saturated rings. The first-order valence-electron chi connectivity index (χ1n) is 10.4. The number of likely N-dealkylation sites (N-methyl/N-ethyl adjacent to an activating group) is 1. The second kappa shape index (κ2) is 8.96. The minimum absolute atomic E-state index is 0.0539. The van der Waals surface area contributed by atoms with Gasteiger partial charge in [-0.05, 0) is 37.1 Å². The molecule has 1 aromatic carbocycles. The number of rotatable bonds is 6. The highest BCUT2D eigenvalue weighted by Gasteiger charge is 2.38. The highest BCUT2D eigenvalue weighted by Crippen LogP contribution is 2.28. The number of halogens is 2. The van der Waals surface area contributed by atoms with Crippen LogP contribution in [-0.2, 0) is 0 Å². The minimum Gasteiger partial charge on any atom is -0.346 e. The SMILES string of the molecule is CC(C)[C@H]1CN(C)C(=O)N1c1ccnc(N[C@@H](C)c2cn(-c3ccc(Cl)c(Cl)c3)cn2)n1. The molecule has 1 aliphatic heterocycles. The second-order valence-electron chi connectivity index (χ2n) is 8.25. The predicted octanol–water partition coefficient (Wildman–Crippen LogP) is 5.04. The van der Waals surface area contributed by atoms with E-state index in [9.17, 15) is 4.79 Å². The number of hydrogen-bond donors (Lipinski definition) is 1. The molecular formula is C22H25Cl2N7O. The summed E-state index contributed by atoms with van der Waals surface area (Å²) in [6.07, 6.45) is 5.29. The van der Waals surface area contributed by atoms with Gasteiger partial charge in [0, 0.05) is 31.7 Å². The molecule has 32 heavy (non-hydrogen) atoms. The van der Waals surface area contributed by atoms with Gasteiger partial charge in [0.05, 0.1) is 34.2 Å². The third kappa shape index (κ3) is 4.38. The van der Waals surface area contributed by atoms with Crippen molar-refractivity contribution in [2.45, 2.75) is 32.9 Å². The van der Waals surface area contributed by atoms with Crippen LogP contribution in [0.4, 0.5) is 16.6 Å². The van der Waals surface area contributed by atoms with E-state index in [4.69, 9.17) is 23.2 Å². The number of nitrogens with one attached hydrogen (secondary N) is 1. The van der Waals surface area contributed by atoms with Crippen molar-refractivity contribution < 1.29 is 4.79 Å². The van der Waals surface area contributed by atoms with Crippen LogP contribution in [0.15, 0.2) is 43.0 Å². The van der Waals surface area contributed by atoms with Gasteiger partial charge >= 0.3 is 6.03 Å². The molecule has 2 atom stereocenters. The maximum absolute atomic E-state index is 12.7. The van der Waals surface area contributed by atoms with E-state index in [-0.39, 0.29) is 18.1 Å². The summed E-state index contributed by atoms with van der Waals surface area (Å²) < 4.78 is 1.87. The minimum atomic E-state index is -0.160. The average molecular weight is 474 g/mol. The summed E-state index contributed by atoms with van der Waals surface area (Å²) in [7, 11) is 1.81. The number of carbonyl (C=O) groups is 1. The molecule has 2 aromatic heterocycles. The Morgan fingerprint density at radius 2 is 1.91 bits per heavy atom. The quantitative estimate of drug-likeness (QED) is 0.542. The van der Waals surface area contributed by atoms with Crippen LogP contribution in [0.25, 0.3) is 5.69 Å². The number of carbonyl (C=O) groups excluding carboxylic acids is 1. The molecule has 0 unspecified atom stereocenters. The summed E-state index contributed by atoms with van der Waals surface area (Å²) >= 11 is 12.1. The molecule has 1 aliphatic rings. The third-order valence-electron chi connectivity index (χ3n) is 5.58. The maximum atomic E-state index is 12.7. The molecule has 2 amide bonds. The summed E-state index contributed by atoms with van der Waals surface area (Å²) in [4.78, 5) is 29.6. The lowest BCUT2D eigenvalue weighted by atomic mass is 10.0. The molecule has 0 bridgehead atoms. The van der Waals surface area contributed by atoms with Gasteiger partial charge < -0.3 is 14.8 Å². The van der Waals surface area contributed by atoms with Crippen LogP contribution in [0.5, 0.6) is 0 Å². The number of urea groups is 1. The summed E-state index contributed by atoms with van der Waals surface area (Å²) in [5, 5.41) is 4.27. The third-order valence-corrected chi connectivity index (χ3v) is 6.31. The Kier molecular flexibility index (Phi) is 6.26. The normalized spacial score (nSPS) is 17.3. The second-order valence-corrected chi connectivity index (χ2v) is 9.07. The standard InChI is InChI=1S/C22H25Cl2N7O/c1-13(2)19-11-29(4)22(32)31(19)20-7-8-25-21(28-20)27-14(3)18-10-30(12-26-18)15-5-6-16(23)17(24)9-15/h5-10,12-14,19H,11H2,1-4H3,(H,25,27,28)/t14-,19+/m0/s1.